The lowest BCUT2D eigenvalue weighted by molar-refractivity contribution is -0.131. The highest BCUT2D eigenvalue weighted by Crippen LogP contribution is 2.38. The molecule has 2 heterocycles. The normalized spacial score (nSPS) is 30.6. The third-order valence-corrected chi connectivity index (χ3v) is 3.87. The van der Waals surface area contributed by atoms with Gasteiger partial charge in [0, 0.05) is 19.5 Å². The smallest absolute Gasteiger partial charge is 0.261 e. The van der Waals surface area contributed by atoms with Gasteiger partial charge in [-0.3, -0.25) is 9.59 Å². The van der Waals surface area contributed by atoms with Gasteiger partial charge in [0.1, 0.15) is 11.3 Å². The van der Waals surface area contributed by atoms with Gasteiger partial charge in [-0.1, -0.05) is 25.2 Å². The number of ketones is 1. The van der Waals surface area contributed by atoms with E-state index in [0.29, 0.717) is 12.2 Å². The molecule has 2 unspecified atom stereocenters. The first-order valence-electron chi connectivity index (χ1n) is 6.99. The van der Waals surface area contributed by atoms with Crippen molar-refractivity contribution in [1.82, 2.24) is 4.90 Å². The topological polar surface area (TPSA) is 46.6 Å². The first-order valence-corrected chi connectivity index (χ1v) is 6.99. The monoisotopic (exact) mass is 275 g/mol. The summed E-state index contributed by atoms with van der Waals surface area (Å²) in [6, 6.07) is 0.0559. The molecule has 4 nitrogen and oxygen atoms in total. The number of carbonyl (C=O) groups excluding carboxylic acids is 2. The molecule has 0 fully saturated rings. The largest absolute Gasteiger partial charge is 0.479 e. The third kappa shape index (κ3) is 2.30. The molecule has 2 atom stereocenters. The van der Waals surface area contributed by atoms with Crippen LogP contribution in [0.1, 0.15) is 33.6 Å². The number of allylic oxidation sites excluding steroid dienone is 3. The molecule has 0 saturated heterocycles. The second-order valence-corrected chi connectivity index (χ2v) is 5.50. The van der Waals surface area contributed by atoms with Crippen molar-refractivity contribution in [1.29, 1.82) is 0 Å². The molecule has 20 heavy (non-hydrogen) atoms. The fraction of sp³-hybridized carbons (Fsp3) is 0.500. The van der Waals surface area contributed by atoms with Crippen molar-refractivity contribution >= 4 is 11.7 Å². The molecule has 108 valence electrons. The zero-order chi connectivity index (χ0) is 14.9. The standard InChI is InChI=1S/C16H21NO3/c1-5-6-7-8-9-16(3)14(18)13-12(20-16)10-11(2)17(4)15(13)19/h6-9,11H,5,10H2,1-4H3/b7-6+,9-8+. The Morgan fingerprint density at radius 1 is 1.40 bits per heavy atom. The van der Waals surface area contributed by atoms with E-state index in [1.54, 1.807) is 31.0 Å². The number of nitrogens with zero attached hydrogens (tertiary/aromatic N) is 1. The number of Topliss-reactive ketones (excluding diaryl/α,β-unsaturated/α-hetero) is 1. The summed E-state index contributed by atoms with van der Waals surface area (Å²) in [4.78, 5) is 26.3. The molecule has 2 rings (SSSR count). The molecule has 0 radical (unpaired) electrons. The van der Waals surface area contributed by atoms with Gasteiger partial charge >= 0.3 is 0 Å². The lowest BCUT2D eigenvalue weighted by Gasteiger charge is -2.29. The summed E-state index contributed by atoms with van der Waals surface area (Å²) in [5.41, 5.74) is -0.833. The van der Waals surface area contributed by atoms with E-state index in [1.807, 2.05) is 26.0 Å². The zero-order valence-corrected chi connectivity index (χ0v) is 12.5. The van der Waals surface area contributed by atoms with Crippen molar-refractivity contribution in [2.24, 2.45) is 0 Å². The second-order valence-electron chi connectivity index (χ2n) is 5.50. The molecule has 0 aromatic rings. The Bertz CT molecular complexity index is 530. The van der Waals surface area contributed by atoms with Crippen LogP contribution in [-0.2, 0) is 14.3 Å². The molecule has 0 aromatic carbocycles. The highest BCUT2D eigenvalue weighted by Gasteiger charge is 2.49. The van der Waals surface area contributed by atoms with Gasteiger partial charge in [-0.05, 0) is 26.3 Å². The highest BCUT2D eigenvalue weighted by molar-refractivity contribution is 6.24. The molecule has 0 bridgehead atoms. The van der Waals surface area contributed by atoms with Gasteiger partial charge in [-0.25, -0.2) is 0 Å². The summed E-state index contributed by atoms with van der Waals surface area (Å²) in [5.74, 6) is 0.0691. The summed E-state index contributed by atoms with van der Waals surface area (Å²) in [7, 11) is 1.72. The van der Waals surface area contributed by atoms with Crippen LogP contribution in [0, 0.1) is 0 Å². The van der Waals surface area contributed by atoms with E-state index in [4.69, 9.17) is 4.74 Å². The minimum absolute atomic E-state index is 0.0559. The Hall–Kier alpha value is -1.84. The van der Waals surface area contributed by atoms with Crippen molar-refractivity contribution in [2.75, 3.05) is 7.05 Å². The minimum atomic E-state index is -1.05. The van der Waals surface area contributed by atoms with Gasteiger partial charge in [-0.15, -0.1) is 0 Å². The number of carbonyl (C=O) groups is 2. The maximum Gasteiger partial charge on any atom is 0.261 e. The number of hydrogen-bond acceptors (Lipinski definition) is 3. The van der Waals surface area contributed by atoms with Crippen molar-refractivity contribution in [3.63, 3.8) is 0 Å². The fourth-order valence-corrected chi connectivity index (χ4v) is 2.43. The van der Waals surface area contributed by atoms with E-state index < -0.39 is 5.60 Å². The van der Waals surface area contributed by atoms with Gasteiger partial charge in [0.2, 0.25) is 5.78 Å². The SMILES string of the molecule is CC/C=C/C=C/C1(C)OC2=C(C(=O)N(C)C(C)C2)C1=O. The van der Waals surface area contributed by atoms with Crippen LogP contribution in [0.4, 0.5) is 0 Å². The summed E-state index contributed by atoms with van der Waals surface area (Å²) in [6.45, 7) is 5.70. The molecule has 0 aliphatic carbocycles. The quantitative estimate of drug-likeness (QED) is 0.587. The molecule has 4 heteroatoms. The van der Waals surface area contributed by atoms with Crippen LogP contribution in [0.25, 0.3) is 0 Å². The van der Waals surface area contributed by atoms with Crippen molar-refractivity contribution in [2.45, 2.75) is 45.3 Å². The predicted molar refractivity (Wildman–Crippen MR) is 76.9 cm³/mol. The highest BCUT2D eigenvalue weighted by atomic mass is 16.5. The molecule has 0 aromatic heterocycles. The van der Waals surface area contributed by atoms with Gasteiger partial charge in [-0.2, -0.15) is 0 Å². The number of ether oxygens (including phenoxy) is 1. The van der Waals surface area contributed by atoms with Gasteiger partial charge < -0.3 is 9.64 Å². The van der Waals surface area contributed by atoms with E-state index in [0.717, 1.165) is 6.42 Å². The Balaban J connectivity index is 2.25. The van der Waals surface area contributed by atoms with E-state index in [9.17, 15) is 9.59 Å². The van der Waals surface area contributed by atoms with Crippen molar-refractivity contribution in [3.05, 3.63) is 35.6 Å². The maximum absolute atomic E-state index is 12.5. The first kappa shape index (κ1) is 14.6. The molecular formula is C16H21NO3. The third-order valence-electron chi connectivity index (χ3n) is 3.87. The first-order chi connectivity index (χ1) is 9.40. The van der Waals surface area contributed by atoms with E-state index in [1.165, 1.54) is 0 Å². The summed E-state index contributed by atoms with van der Waals surface area (Å²) in [5, 5.41) is 0. The maximum atomic E-state index is 12.5. The van der Waals surface area contributed by atoms with Crippen LogP contribution in [0.3, 0.4) is 0 Å². The number of hydrogen-bond donors (Lipinski definition) is 0. The summed E-state index contributed by atoms with van der Waals surface area (Å²) < 4.78 is 5.80. The molecular weight excluding hydrogens is 254 g/mol. The molecule has 1 amide bonds. The number of rotatable bonds is 3. The minimum Gasteiger partial charge on any atom is -0.479 e. The second kappa shape index (κ2) is 5.27. The lowest BCUT2D eigenvalue weighted by Crippen LogP contribution is -2.42. The van der Waals surface area contributed by atoms with Crippen LogP contribution in [0.2, 0.25) is 0 Å². The summed E-state index contributed by atoms with van der Waals surface area (Å²) >= 11 is 0. The summed E-state index contributed by atoms with van der Waals surface area (Å²) in [6.07, 6.45) is 8.93. The molecule has 0 spiro atoms. The predicted octanol–water partition coefficient (Wildman–Crippen LogP) is 2.37. The van der Waals surface area contributed by atoms with Gasteiger partial charge in [0.15, 0.2) is 5.60 Å². The van der Waals surface area contributed by atoms with Crippen LogP contribution >= 0.6 is 0 Å². The van der Waals surface area contributed by atoms with E-state index >= 15 is 0 Å². The molecule has 0 N–H and O–H groups in total. The Labute approximate surface area is 119 Å². The Kier molecular flexibility index (Phi) is 3.84. The van der Waals surface area contributed by atoms with E-state index in [-0.39, 0.29) is 23.3 Å². The lowest BCUT2D eigenvalue weighted by atomic mass is 9.93. The van der Waals surface area contributed by atoms with Crippen LogP contribution in [0.15, 0.2) is 35.6 Å². The zero-order valence-electron chi connectivity index (χ0n) is 12.5. The van der Waals surface area contributed by atoms with Gasteiger partial charge in [0.25, 0.3) is 5.91 Å². The Morgan fingerprint density at radius 3 is 2.75 bits per heavy atom. The molecule has 2 aliphatic rings. The average molecular weight is 275 g/mol. The van der Waals surface area contributed by atoms with Crippen molar-refractivity contribution in [3.8, 4) is 0 Å². The molecule has 2 aliphatic heterocycles. The Morgan fingerprint density at radius 2 is 2.10 bits per heavy atom. The van der Waals surface area contributed by atoms with Crippen LogP contribution < -0.4 is 0 Å². The molecule has 0 saturated carbocycles. The van der Waals surface area contributed by atoms with Crippen LogP contribution in [0.5, 0.6) is 0 Å². The number of likely N-dealkylation sites (N-methyl/N-ethyl adjacent to an activating group) is 1. The fourth-order valence-electron chi connectivity index (χ4n) is 2.43. The van der Waals surface area contributed by atoms with Crippen LogP contribution in [-0.4, -0.2) is 35.3 Å². The average Bonchev–Trinajstić information content (AvgIpc) is 2.64. The van der Waals surface area contributed by atoms with Gasteiger partial charge in [0.05, 0.1) is 0 Å². The number of amides is 1. The van der Waals surface area contributed by atoms with Crippen molar-refractivity contribution < 1.29 is 14.3 Å². The van der Waals surface area contributed by atoms with E-state index in [2.05, 4.69) is 0 Å².